The number of nitrogens with zero attached hydrogens (tertiary/aromatic N) is 4. The molecular weight excluding hydrogens is 512 g/mol. The fourth-order valence-electron chi connectivity index (χ4n) is 3.99. The second kappa shape index (κ2) is 16.9. The third kappa shape index (κ3) is 8.25. The van der Waals surface area contributed by atoms with Crippen LogP contribution >= 0.6 is 0 Å². The third-order valence-corrected chi connectivity index (χ3v) is 6.05. The van der Waals surface area contributed by atoms with Gasteiger partial charge in [-0.1, -0.05) is 19.9 Å². The van der Waals surface area contributed by atoms with Gasteiger partial charge in [0.1, 0.15) is 23.3 Å². The molecule has 0 bridgehead atoms. The van der Waals surface area contributed by atoms with Gasteiger partial charge in [-0.25, -0.2) is 0 Å². The van der Waals surface area contributed by atoms with Crippen LogP contribution in [0.4, 0.5) is 0 Å². The van der Waals surface area contributed by atoms with Crippen LogP contribution in [-0.2, 0) is 25.6 Å². The molecule has 1 N–H and O–H groups in total. The van der Waals surface area contributed by atoms with Crippen molar-refractivity contribution in [2.45, 2.75) is 74.0 Å². The molecule has 10 heteroatoms. The molecule has 0 aliphatic carbocycles. The zero-order chi connectivity index (χ0) is 30.4. The lowest BCUT2D eigenvalue weighted by Crippen LogP contribution is -2.43. The van der Waals surface area contributed by atoms with E-state index in [4.69, 9.17) is 9.47 Å². The zero-order valence-electron chi connectivity index (χ0n) is 24.5. The summed E-state index contributed by atoms with van der Waals surface area (Å²) in [5.74, 6) is -1.49. The van der Waals surface area contributed by atoms with E-state index in [-0.39, 0.29) is 52.9 Å². The van der Waals surface area contributed by atoms with Crippen molar-refractivity contribution in [3.05, 3.63) is 55.9 Å². The number of amides is 2. The van der Waals surface area contributed by atoms with Crippen LogP contribution in [0, 0.1) is 29.6 Å². The first-order valence-electron chi connectivity index (χ1n) is 13.5. The molecule has 2 heterocycles. The van der Waals surface area contributed by atoms with Crippen molar-refractivity contribution in [1.82, 2.24) is 9.47 Å². The van der Waals surface area contributed by atoms with E-state index in [0.717, 1.165) is 9.47 Å². The fraction of sp³-hybridized carbons (Fsp3) is 0.500. The van der Waals surface area contributed by atoms with Crippen molar-refractivity contribution in [3.8, 4) is 18.0 Å². The van der Waals surface area contributed by atoms with Crippen LogP contribution in [0.3, 0.4) is 0 Å². The highest BCUT2D eigenvalue weighted by molar-refractivity contribution is 6.18. The molecular formula is C30H40N4O6. The molecule has 0 unspecified atom stereocenters. The number of pyridine rings is 1. The first-order chi connectivity index (χ1) is 19.1. The third-order valence-electron chi connectivity index (χ3n) is 6.05. The summed E-state index contributed by atoms with van der Waals surface area (Å²) < 4.78 is 11.9. The number of hydrogen-bond acceptors (Lipinski definition) is 8. The van der Waals surface area contributed by atoms with E-state index in [1.54, 1.807) is 6.92 Å². The molecule has 0 spiro atoms. The van der Waals surface area contributed by atoms with Crippen molar-refractivity contribution < 1.29 is 24.2 Å². The Labute approximate surface area is 236 Å². The monoisotopic (exact) mass is 552 g/mol. The minimum atomic E-state index is -0.646. The van der Waals surface area contributed by atoms with Gasteiger partial charge in [0.2, 0.25) is 5.88 Å². The quantitative estimate of drug-likeness (QED) is 0.231. The van der Waals surface area contributed by atoms with Crippen LogP contribution in [0.5, 0.6) is 5.88 Å². The van der Waals surface area contributed by atoms with Crippen LogP contribution in [0.2, 0.25) is 0 Å². The number of rotatable bonds is 12. The van der Waals surface area contributed by atoms with Crippen LogP contribution in [-0.4, -0.2) is 58.9 Å². The predicted octanol–water partition coefficient (Wildman–Crippen LogP) is 4.15. The maximum atomic E-state index is 13.2. The molecule has 0 radical (unpaired) electrons. The minimum absolute atomic E-state index is 0.0145. The second-order valence-corrected chi connectivity index (χ2v) is 8.94. The van der Waals surface area contributed by atoms with E-state index < -0.39 is 17.4 Å². The Bertz CT molecular complexity index is 1310. The lowest BCUT2D eigenvalue weighted by atomic mass is 9.94. The molecule has 0 atom stereocenters. The van der Waals surface area contributed by atoms with Crippen molar-refractivity contribution in [2.24, 2.45) is 0 Å². The molecule has 0 aromatic carbocycles. The predicted molar refractivity (Wildman–Crippen MR) is 152 cm³/mol. The highest BCUT2D eigenvalue weighted by atomic mass is 16.5. The summed E-state index contributed by atoms with van der Waals surface area (Å²) in [7, 11) is 0. The second-order valence-electron chi connectivity index (χ2n) is 8.94. The molecule has 1 aromatic heterocycles. The molecule has 0 saturated carbocycles. The van der Waals surface area contributed by atoms with E-state index >= 15 is 0 Å². The zero-order valence-corrected chi connectivity index (χ0v) is 24.5. The highest BCUT2D eigenvalue weighted by Crippen LogP contribution is 2.27. The van der Waals surface area contributed by atoms with E-state index in [0.29, 0.717) is 38.2 Å². The van der Waals surface area contributed by atoms with Gasteiger partial charge in [0, 0.05) is 44.0 Å². The number of aromatic hydroxyl groups is 1. The molecule has 2 rings (SSSR count). The molecule has 0 fully saturated rings. The SMILES string of the molecule is CC.CCOCCCn1c(O)c(/C=C/C=C2\C(=O)N(CCCOC(C)C)C(=O)C(C#N)=C2C)c(C)c(C#N)c1=O. The number of allylic oxidation sites excluding steroid dienone is 2. The van der Waals surface area contributed by atoms with Crippen molar-refractivity contribution in [1.29, 1.82) is 10.5 Å². The summed E-state index contributed by atoms with van der Waals surface area (Å²) in [6.07, 6.45) is 5.32. The molecule has 1 aliphatic heterocycles. The van der Waals surface area contributed by atoms with Crippen LogP contribution < -0.4 is 5.56 Å². The molecule has 2 amide bonds. The molecule has 0 saturated heterocycles. The standard InChI is InChI=1S/C28H34N4O6.C2H6/c1-6-37-14-8-12-31-25(33)21(19(4)23(16-29)27(31)35)10-7-11-22-20(5)24(17-30)28(36)32(26(22)34)13-9-15-38-18(2)3;1-2/h7,10-11,18,33H,6,8-9,12-15H2,1-5H3;1-2H3/b10-7+,22-11-;. The van der Waals surface area contributed by atoms with Crippen LogP contribution in [0.25, 0.3) is 6.08 Å². The molecule has 1 aromatic rings. The molecule has 216 valence electrons. The van der Waals surface area contributed by atoms with Crippen molar-refractivity contribution in [2.75, 3.05) is 26.4 Å². The summed E-state index contributed by atoms with van der Waals surface area (Å²) in [6, 6.07) is 3.80. The van der Waals surface area contributed by atoms with Gasteiger partial charge >= 0.3 is 0 Å². The van der Waals surface area contributed by atoms with E-state index in [9.17, 15) is 30.0 Å². The Balaban J connectivity index is 0.00000391. The number of ether oxygens (including phenoxy) is 2. The van der Waals surface area contributed by atoms with E-state index in [1.165, 1.54) is 25.2 Å². The lowest BCUT2D eigenvalue weighted by Gasteiger charge is -2.27. The van der Waals surface area contributed by atoms with Gasteiger partial charge in [-0.3, -0.25) is 23.9 Å². The van der Waals surface area contributed by atoms with Gasteiger partial charge in [-0.05, 0) is 70.7 Å². The first-order valence-corrected chi connectivity index (χ1v) is 13.5. The van der Waals surface area contributed by atoms with Gasteiger partial charge in [0.15, 0.2) is 0 Å². The Hall–Kier alpha value is -3.99. The number of imide groups is 1. The Kier molecular flexibility index (Phi) is 14.3. The van der Waals surface area contributed by atoms with Gasteiger partial charge in [-0.2, -0.15) is 10.5 Å². The number of aromatic nitrogens is 1. The summed E-state index contributed by atoms with van der Waals surface area (Å²) in [5.41, 5.74) is 0.147. The number of hydrogen-bond donors (Lipinski definition) is 1. The average molecular weight is 553 g/mol. The Morgan fingerprint density at radius 1 is 1.00 bits per heavy atom. The smallest absolute Gasteiger partial charge is 0.271 e. The normalized spacial score (nSPS) is 14.6. The Morgan fingerprint density at radius 2 is 1.65 bits per heavy atom. The van der Waals surface area contributed by atoms with Crippen molar-refractivity contribution in [3.63, 3.8) is 0 Å². The van der Waals surface area contributed by atoms with Gasteiger partial charge in [0.05, 0.1) is 6.10 Å². The largest absolute Gasteiger partial charge is 0.494 e. The summed E-state index contributed by atoms with van der Waals surface area (Å²) in [4.78, 5) is 39.6. The van der Waals surface area contributed by atoms with Crippen molar-refractivity contribution >= 4 is 17.9 Å². The summed E-state index contributed by atoms with van der Waals surface area (Å²) in [6.45, 7) is 14.2. The maximum Gasteiger partial charge on any atom is 0.271 e. The average Bonchev–Trinajstić information content (AvgIpc) is 2.92. The van der Waals surface area contributed by atoms with Gasteiger partial charge < -0.3 is 14.6 Å². The number of carbonyl (C=O) groups is 2. The van der Waals surface area contributed by atoms with Gasteiger partial charge in [0.25, 0.3) is 17.4 Å². The maximum absolute atomic E-state index is 13.2. The Morgan fingerprint density at radius 3 is 2.23 bits per heavy atom. The topological polar surface area (TPSA) is 146 Å². The van der Waals surface area contributed by atoms with Gasteiger partial charge in [-0.15, -0.1) is 0 Å². The number of carbonyl (C=O) groups excluding carboxylic acids is 2. The summed E-state index contributed by atoms with van der Waals surface area (Å²) in [5, 5.41) is 29.9. The molecule has 40 heavy (non-hydrogen) atoms. The van der Waals surface area contributed by atoms with Crippen LogP contribution in [0.1, 0.15) is 71.1 Å². The molecule has 10 nitrogen and oxygen atoms in total. The summed E-state index contributed by atoms with van der Waals surface area (Å²) >= 11 is 0. The van der Waals surface area contributed by atoms with Crippen LogP contribution in [0.15, 0.2) is 33.7 Å². The number of nitriles is 2. The highest BCUT2D eigenvalue weighted by Gasteiger charge is 2.34. The molecule has 1 aliphatic rings. The first kappa shape index (κ1) is 34.0. The lowest BCUT2D eigenvalue weighted by molar-refractivity contribution is -0.140. The van der Waals surface area contributed by atoms with E-state index in [2.05, 4.69) is 0 Å². The van der Waals surface area contributed by atoms with E-state index in [1.807, 2.05) is 46.8 Å². The minimum Gasteiger partial charge on any atom is -0.494 e. The fourth-order valence-corrected chi connectivity index (χ4v) is 3.99.